The monoisotopic (exact) mass is 267 g/mol. The van der Waals surface area contributed by atoms with Gasteiger partial charge in [0.05, 0.1) is 11.6 Å². The van der Waals surface area contributed by atoms with Crippen LogP contribution in [0, 0.1) is 11.7 Å². The van der Waals surface area contributed by atoms with Crippen LogP contribution in [0.1, 0.15) is 6.42 Å². The minimum Gasteiger partial charge on any atom is -0.465 e. The van der Waals surface area contributed by atoms with Crippen LogP contribution in [0.15, 0.2) is 18.2 Å². The molecule has 0 aromatic heterocycles. The molecule has 1 fully saturated rings. The summed E-state index contributed by atoms with van der Waals surface area (Å²) in [6.07, 6.45) is -0.608. The molecule has 1 aliphatic heterocycles. The zero-order valence-corrected chi connectivity index (χ0v) is 10.1. The maximum Gasteiger partial charge on any atom is 0.407 e. The molecule has 6 nitrogen and oxygen atoms in total. The topological polar surface area (TPSA) is 95.7 Å². The second kappa shape index (κ2) is 5.13. The van der Waals surface area contributed by atoms with E-state index in [0.29, 0.717) is 13.0 Å². The average molecular weight is 267 g/mol. The van der Waals surface area contributed by atoms with E-state index in [9.17, 15) is 14.0 Å². The van der Waals surface area contributed by atoms with Gasteiger partial charge in [-0.15, -0.1) is 0 Å². The number of hydrogen-bond donors (Lipinski definition) is 3. The molecule has 19 heavy (non-hydrogen) atoms. The van der Waals surface area contributed by atoms with Gasteiger partial charge in [0.2, 0.25) is 5.91 Å². The first-order valence-electron chi connectivity index (χ1n) is 5.81. The van der Waals surface area contributed by atoms with Crippen molar-refractivity contribution in [2.75, 3.05) is 24.1 Å². The van der Waals surface area contributed by atoms with Gasteiger partial charge in [0.1, 0.15) is 5.82 Å². The van der Waals surface area contributed by atoms with E-state index in [0.717, 1.165) is 6.07 Å². The number of hydrogen-bond acceptors (Lipinski definition) is 3. The molecule has 102 valence electrons. The summed E-state index contributed by atoms with van der Waals surface area (Å²) in [5, 5.41) is 11.2. The summed E-state index contributed by atoms with van der Waals surface area (Å²) in [6.45, 7) is 0.454. The molecule has 1 aliphatic rings. The summed E-state index contributed by atoms with van der Waals surface area (Å²) >= 11 is 0. The highest BCUT2D eigenvalue weighted by Crippen LogP contribution is 2.21. The van der Waals surface area contributed by atoms with Crippen molar-refractivity contribution in [3.05, 3.63) is 24.0 Å². The Morgan fingerprint density at radius 2 is 2.21 bits per heavy atom. The molecule has 2 rings (SSSR count). The normalized spacial score (nSPS) is 18.4. The maximum absolute atomic E-state index is 13.5. The van der Waals surface area contributed by atoms with Crippen LogP contribution in [0.3, 0.4) is 0 Å². The van der Waals surface area contributed by atoms with Gasteiger partial charge in [-0.3, -0.25) is 4.79 Å². The van der Waals surface area contributed by atoms with E-state index in [1.54, 1.807) is 0 Å². The predicted molar refractivity (Wildman–Crippen MR) is 67.1 cm³/mol. The minimum atomic E-state index is -1.05. The van der Waals surface area contributed by atoms with Crippen molar-refractivity contribution in [1.82, 2.24) is 4.90 Å². The van der Waals surface area contributed by atoms with Crippen LogP contribution in [0.2, 0.25) is 0 Å². The van der Waals surface area contributed by atoms with Crippen LogP contribution in [-0.2, 0) is 4.79 Å². The van der Waals surface area contributed by atoms with E-state index in [1.165, 1.54) is 17.0 Å². The number of amides is 2. The number of halogens is 1. The lowest BCUT2D eigenvalue weighted by atomic mass is 10.1. The number of carbonyl (C=O) groups excluding carboxylic acids is 1. The minimum absolute atomic E-state index is 0.0491. The first kappa shape index (κ1) is 13.1. The maximum atomic E-state index is 13.5. The number of nitrogens with one attached hydrogen (secondary N) is 1. The molecular weight excluding hydrogens is 253 g/mol. The fourth-order valence-electron chi connectivity index (χ4n) is 2.02. The molecule has 2 amide bonds. The lowest BCUT2D eigenvalue weighted by Crippen LogP contribution is -2.30. The van der Waals surface area contributed by atoms with E-state index in [-0.39, 0.29) is 23.8 Å². The molecule has 7 heteroatoms. The molecule has 1 aromatic rings. The number of carbonyl (C=O) groups is 2. The van der Waals surface area contributed by atoms with E-state index in [4.69, 9.17) is 10.8 Å². The lowest BCUT2D eigenvalue weighted by Gasteiger charge is -2.13. The van der Waals surface area contributed by atoms with Gasteiger partial charge in [0.25, 0.3) is 0 Å². The van der Waals surface area contributed by atoms with E-state index in [1.807, 2.05) is 0 Å². The summed E-state index contributed by atoms with van der Waals surface area (Å²) in [4.78, 5) is 23.8. The number of rotatable bonds is 2. The Kier molecular flexibility index (Phi) is 3.55. The fraction of sp³-hybridized carbons (Fsp3) is 0.333. The van der Waals surface area contributed by atoms with Gasteiger partial charge in [-0.1, -0.05) is 0 Å². The van der Waals surface area contributed by atoms with E-state index in [2.05, 4.69) is 5.32 Å². The second-order valence-electron chi connectivity index (χ2n) is 4.44. The highest BCUT2D eigenvalue weighted by molar-refractivity contribution is 5.93. The molecule has 1 aromatic carbocycles. The molecule has 1 heterocycles. The smallest absolute Gasteiger partial charge is 0.407 e. The third kappa shape index (κ3) is 2.93. The fourth-order valence-corrected chi connectivity index (χ4v) is 2.02. The molecule has 0 bridgehead atoms. The summed E-state index contributed by atoms with van der Waals surface area (Å²) in [5.74, 6) is -1.44. The summed E-state index contributed by atoms with van der Waals surface area (Å²) < 4.78 is 13.5. The number of nitrogens with zero attached hydrogens (tertiary/aromatic N) is 1. The Balaban J connectivity index is 2.00. The van der Waals surface area contributed by atoms with Crippen LogP contribution in [0.5, 0.6) is 0 Å². The molecule has 0 radical (unpaired) electrons. The summed E-state index contributed by atoms with van der Waals surface area (Å²) in [6, 6.07) is 3.98. The molecule has 1 atom stereocenters. The van der Waals surface area contributed by atoms with Crippen molar-refractivity contribution in [2.45, 2.75) is 6.42 Å². The molecule has 4 N–H and O–H groups in total. The quantitative estimate of drug-likeness (QED) is 0.705. The third-order valence-corrected chi connectivity index (χ3v) is 3.08. The molecule has 0 aliphatic carbocycles. The third-order valence-electron chi connectivity index (χ3n) is 3.08. The largest absolute Gasteiger partial charge is 0.465 e. The standard InChI is InChI=1S/C12H14FN3O3/c13-9-5-8(14)1-2-10(9)15-11(17)7-3-4-16(6-7)12(18)19/h1-2,5,7H,3-4,6,14H2,(H,15,17)(H,18,19)/t7-/m0/s1. The molecule has 0 spiro atoms. The molecule has 1 saturated heterocycles. The zero-order valence-electron chi connectivity index (χ0n) is 10.1. The molecule has 0 saturated carbocycles. The van der Waals surface area contributed by atoms with E-state index < -0.39 is 17.8 Å². The SMILES string of the molecule is Nc1ccc(NC(=O)[C@H]2CCN(C(=O)O)C2)c(F)c1. The Hall–Kier alpha value is -2.31. The number of nitrogen functional groups attached to an aromatic ring is 1. The Morgan fingerprint density at radius 1 is 1.47 bits per heavy atom. The highest BCUT2D eigenvalue weighted by atomic mass is 19.1. The van der Waals surface area contributed by atoms with Crippen LogP contribution in [0.25, 0.3) is 0 Å². The first-order valence-corrected chi connectivity index (χ1v) is 5.81. The van der Waals surface area contributed by atoms with Crippen LogP contribution in [0.4, 0.5) is 20.6 Å². The van der Waals surface area contributed by atoms with Gasteiger partial charge < -0.3 is 21.1 Å². The Labute approximate surface area is 109 Å². The van der Waals surface area contributed by atoms with Gasteiger partial charge in [-0.05, 0) is 24.6 Å². The number of carboxylic acid groups (broad SMARTS) is 1. The molecular formula is C12H14FN3O3. The van der Waals surface area contributed by atoms with Crippen LogP contribution < -0.4 is 11.1 Å². The first-order chi connectivity index (χ1) is 8.97. The van der Waals surface area contributed by atoms with Crippen LogP contribution >= 0.6 is 0 Å². The van der Waals surface area contributed by atoms with E-state index >= 15 is 0 Å². The number of likely N-dealkylation sites (tertiary alicyclic amines) is 1. The second-order valence-corrected chi connectivity index (χ2v) is 4.44. The Bertz CT molecular complexity index is 521. The van der Waals surface area contributed by atoms with Crippen molar-refractivity contribution in [2.24, 2.45) is 5.92 Å². The van der Waals surface area contributed by atoms with Gasteiger partial charge in [0, 0.05) is 18.8 Å². The average Bonchev–Trinajstić information content (AvgIpc) is 2.82. The van der Waals surface area contributed by atoms with Crippen LogP contribution in [-0.4, -0.2) is 35.1 Å². The lowest BCUT2D eigenvalue weighted by molar-refractivity contribution is -0.119. The zero-order chi connectivity index (χ0) is 14.0. The predicted octanol–water partition coefficient (Wildman–Crippen LogP) is 1.35. The Morgan fingerprint density at radius 3 is 2.79 bits per heavy atom. The summed E-state index contributed by atoms with van der Waals surface area (Å²) in [7, 11) is 0. The van der Waals surface area contributed by atoms with Crippen molar-refractivity contribution < 1.29 is 19.1 Å². The number of nitrogens with two attached hydrogens (primary N) is 1. The number of benzene rings is 1. The van der Waals surface area contributed by atoms with Gasteiger partial charge in [-0.25, -0.2) is 9.18 Å². The molecule has 0 unspecified atom stereocenters. The highest BCUT2D eigenvalue weighted by Gasteiger charge is 2.31. The van der Waals surface area contributed by atoms with Gasteiger partial charge >= 0.3 is 6.09 Å². The summed E-state index contributed by atoms with van der Waals surface area (Å²) in [5.41, 5.74) is 5.73. The van der Waals surface area contributed by atoms with Gasteiger partial charge in [0.15, 0.2) is 0 Å². The van der Waals surface area contributed by atoms with Crippen molar-refractivity contribution >= 4 is 23.4 Å². The van der Waals surface area contributed by atoms with Crippen molar-refractivity contribution in [3.63, 3.8) is 0 Å². The van der Waals surface area contributed by atoms with Crippen molar-refractivity contribution in [3.8, 4) is 0 Å². The van der Waals surface area contributed by atoms with Gasteiger partial charge in [-0.2, -0.15) is 0 Å². The number of anilines is 2. The van der Waals surface area contributed by atoms with Crippen molar-refractivity contribution in [1.29, 1.82) is 0 Å².